The minimum Gasteiger partial charge on any atom is -0.319 e. The normalized spacial score (nSPS) is 17.1. The Labute approximate surface area is 223 Å². The van der Waals surface area contributed by atoms with E-state index in [1.54, 1.807) is 0 Å². The number of aromatic nitrogens is 2. The first-order valence-corrected chi connectivity index (χ1v) is 13.1. The van der Waals surface area contributed by atoms with Crippen molar-refractivity contribution < 1.29 is 0 Å². The molecule has 6 rings (SSSR count). The summed E-state index contributed by atoms with van der Waals surface area (Å²) < 4.78 is 1.72. The molecule has 4 aromatic carbocycles. The maximum Gasteiger partial charge on any atom is 0.121 e. The first-order valence-electron chi connectivity index (χ1n) is 12.6. The molecule has 180 valence electrons. The van der Waals surface area contributed by atoms with Gasteiger partial charge in [-0.25, -0.2) is 4.98 Å². The highest BCUT2D eigenvalue weighted by Crippen LogP contribution is 2.47. The van der Waals surface area contributed by atoms with E-state index in [0.29, 0.717) is 5.56 Å². The lowest BCUT2D eigenvalue weighted by Gasteiger charge is -2.38. The molecular weight excluding hydrogens is 470 g/mol. The quantitative estimate of drug-likeness (QED) is 0.208. The number of thiol groups is 1. The molecule has 1 aliphatic rings. The molecule has 1 aliphatic carbocycles. The van der Waals surface area contributed by atoms with Crippen LogP contribution in [0.25, 0.3) is 0 Å². The molecule has 0 saturated carbocycles. The number of hydrogen-bond acceptors (Lipinski definition) is 3. The summed E-state index contributed by atoms with van der Waals surface area (Å²) in [4.78, 5) is 5.02. The van der Waals surface area contributed by atoms with Gasteiger partial charge in [-0.1, -0.05) is 97.1 Å². The van der Waals surface area contributed by atoms with Gasteiger partial charge in [0, 0.05) is 6.20 Å². The van der Waals surface area contributed by atoms with Crippen LogP contribution >= 0.6 is 12.6 Å². The topological polar surface area (TPSA) is 41.6 Å². The second kappa shape index (κ2) is 9.42. The van der Waals surface area contributed by atoms with E-state index in [0.717, 1.165) is 47.2 Å². The predicted octanol–water partition coefficient (Wildman–Crippen LogP) is 7.10. The number of aryl methyl sites for hydroxylation is 1. The number of nitriles is 1. The fourth-order valence-electron chi connectivity index (χ4n) is 5.91. The maximum atomic E-state index is 9.42. The number of imidazole rings is 1. The Morgan fingerprint density at radius 1 is 0.811 bits per heavy atom. The van der Waals surface area contributed by atoms with E-state index in [1.165, 1.54) is 5.56 Å². The van der Waals surface area contributed by atoms with Gasteiger partial charge in [-0.2, -0.15) is 17.9 Å². The van der Waals surface area contributed by atoms with Crippen molar-refractivity contribution in [2.75, 3.05) is 0 Å². The monoisotopic (exact) mass is 497 g/mol. The summed E-state index contributed by atoms with van der Waals surface area (Å²) in [6.45, 7) is 0. The summed E-state index contributed by atoms with van der Waals surface area (Å²) in [5.74, 6) is 0. The number of fused-ring (bicyclic) bond motifs is 1. The summed E-state index contributed by atoms with van der Waals surface area (Å²) >= 11 is 5.29. The van der Waals surface area contributed by atoms with Gasteiger partial charge in [-0.15, -0.1) is 0 Å². The molecule has 3 nitrogen and oxygen atoms in total. The van der Waals surface area contributed by atoms with Crippen LogP contribution in [0, 0.1) is 11.3 Å². The zero-order valence-corrected chi connectivity index (χ0v) is 21.4. The zero-order chi connectivity index (χ0) is 25.3. The van der Waals surface area contributed by atoms with Crippen LogP contribution in [-0.2, 0) is 16.7 Å². The Kier molecular flexibility index (Phi) is 5.94. The van der Waals surface area contributed by atoms with E-state index in [-0.39, 0.29) is 0 Å². The van der Waals surface area contributed by atoms with Crippen LogP contribution in [0.3, 0.4) is 0 Å². The van der Waals surface area contributed by atoms with Crippen molar-refractivity contribution in [3.8, 4) is 6.07 Å². The smallest absolute Gasteiger partial charge is 0.121 e. The largest absolute Gasteiger partial charge is 0.319 e. The van der Waals surface area contributed by atoms with Crippen molar-refractivity contribution in [2.45, 2.75) is 29.5 Å². The van der Waals surface area contributed by atoms with Crippen LogP contribution in [-0.4, -0.2) is 9.55 Å². The van der Waals surface area contributed by atoms with Crippen LogP contribution in [0.2, 0.25) is 0 Å². The first-order chi connectivity index (χ1) is 18.2. The van der Waals surface area contributed by atoms with Crippen molar-refractivity contribution in [2.24, 2.45) is 0 Å². The van der Waals surface area contributed by atoms with Crippen molar-refractivity contribution in [1.82, 2.24) is 9.55 Å². The fourth-order valence-corrected chi connectivity index (χ4v) is 6.41. The summed E-state index contributed by atoms with van der Waals surface area (Å²) in [7, 11) is 0. The summed E-state index contributed by atoms with van der Waals surface area (Å²) in [6.07, 6.45) is 6.97. The Bertz CT molecular complexity index is 1470. The van der Waals surface area contributed by atoms with Crippen LogP contribution in [0.15, 0.2) is 122 Å². The van der Waals surface area contributed by atoms with E-state index >= 15 is 0 Å². The third-order valence-electron chi connectivity index (χ3n) is 7.63. The molecule has 0 bridgehead atoms. The van der Waals surface area contributed by atoms with Crippen LogP contribution in [0.4, 0.5) is 0 Å². The summed E-state index contributed by atoms with van der Waals surface area (Å²) in [5.41, 5.74) is 6.83. The highest BCUT2D eigenvalue weighted by Gasteiger charge is 2.41. The van der Waals surface area contributed by atoms with Gasteiger partial charge in [0.25, 0.3) is 0 Å². The summed E-state index contributed by atoms with van der Waals surface area (Å²) in [6, 6.07) is 40.1. The van der Waals surface area contributed by atoms with E-state index < -0.39 is 10.3 Å². The number of rotatable bonds is 5. The van der Waals surface area contributed by atoms with E-state index in [9.17, 15) is 5.26 Å². The van der Waals surface area contributed by atoms with Gasteiger partial charge in [0.1, 0.15) is 5.54 Å². The van der Waals surface area contributed by atoms with Crippen LogP contribution in [0.1, 0.15) is 51.9 Å². The molecule has 1 aromatic heterocycles. The number of hydrogen-bond donors (Lipinski definition) is 1. The second-order valence-corrected chi connectivity index (χ2v) is 10.4. The van der Waals surface area contributed by atoms with Crippen molar-refractivity contribution in [3.05, 3.63) is 161 Å². The van der Waals surface area contributed by atoms with Gasteiger partial charge in [-0.05, 0) is 59.2 Å². The predicted molar refractivity (Wildman–Crippen MR) is 151 cm³/mol. The molecule has 4 heteroatoms. The van der Waals surface area contributed by atoms with Gasteiger partial charge >= 0.3 is 0 Å². The van der Waals surface area contributed by atoms with Gasteiger partial charge in [0.2, 0.25) is 0 Å². The second-order valence-electron chi connectivity index (χ2n) is 9.67. The molecule has 5 aromatic rings. The fraction of sp³-hybridized carbons (Fsp3) is 0.152. The average molecular weight is 498 g/mol. The molecule has 1 atom stereocenters. The van der Waals surface area contributed by atoms with Crippen LogP contribution in [0.5, 0.6) is 0 Å². The molecule has 0 aliphatic heterocycles. The lowest BCUT2D eigenvalue weighted by Crippen LogP contribution is -2.37. The average Bonchev–Trinajstić information content (AvgIpc) is 3.47. The number of benzene rings is 4. The third-order valence-corrected chi connectivity index (χ3v) is 8.33. The van der Waals surface area contributed by atoms with E-state index in [1.807, 2.05) is 18.5 Å². The Hall–Kier alpha value is -4.07. The van der Waals surface area contributed by atoms with Crippen molar-refractivity contribution in [3.63, 3.8) is 0 Å². The minimum atomic E-state index is -0.610. The lowest BCUT2D eigenvalue weighted by atomic mass is 9.76. The van der Waals surface area contributed by atoms with Crippen molar-refractivity contribution >= 4 is 12.6 Å². The lowest BCUT2D eigenvalue weighted by molar-refractivity contribution is 0.511. The first kappa shape index (κ1) is 23.3. The molecule has 0 amide bonds. The molecule has 0 saturated heterocycles. The molecular formula is C33H27N3S. The molecule has 1 heterocycles. The van der Waals surface area contributed by atoms with E-state index in [2.05, 4.69) is 114 Å². The van der Waals surface area contributed by atoms with E-state index in [4.69, 9.17) is 17.6 Å². The Balaban J connectivity index is 1.59. The van der Waals surface area contributed by atoms with Gasteiger partial charge in [0.05, 0.1) is 28.4 Å². The summed E-state index contributed by atoms with van der Waals surface area (Å²) in [5, 5.41) is 9.42. The Morgan fingerprint density at radius 2 is 1.38 bits per heavy atom. The third kappa shape index (κ3) is 3.79. The van der Waals surface area contributed by atoms with Crippen molar-refractivity contribution in [1.29, 1.82) is 5.26 Å². The SMILES string of the molecule is N#Cc1ccc2c(c1)CCCC2(S)c1cn(C(c2ccccc2)(c2ccccc2)c2ccccc2)cn1. The number of nitrogens with zero attached hydrogens (tertiary/aromatic N) is 3. The maximum absolute atomic E-state index is 9.42. The zero-order valence-electron chi connectivity index (χ0n) is 20.5. The minimum absolute atomic E-state index is 0.525. The standard InChI is InChI=1S/C33H27N3S/c34-22-25-18-19-30-26(21-25)11-10-20-32(30,37)31-23-36(24-35-31)33(27-12-4-1-5-13-27,28-14-6-2-7-15-28)29-16-8-3-9-17-29/h1-9,12-19,21,23-24,37H,10-11,20H2. The molecule has 0 radical (unpaired) electrons. The highest BCUT2D eigenvalue weighted by atomic mass is 32.1. The molecule has 1 unspecified atom stereocenters. The van der Waals surface area contributed by atoms with Gasteiger partial charge < -0.3 is 4.57 Å². The Morgan fingerprint density at radius 3 is 1.92 bits per heavy atom. The van der Waals surface area contributed by atoms with Crippen LogP contribution < -0.4 is 0 Å². The molecule has 0 fully saturated rings. The molecule has 37 heavy (non-hydrogen) atoms. The highest BCUT2D eigenvalue weighted by molar-refractivity contribution is 7.81. The van der Waals surface area contributed by atoms with Gasteiger partial charge in [0.15, 0.2) is 0 Å². The molecule has 0 spiro atoms. The molecule has 0 N–H and O–H groups in total. The van der Waals surface area contributed by atoms with Gasteiger partial charge in [-0.3, -0.25) is 0 Å².